The van der Waals surface area contributed by atoms with E-state index in [9.17, 15) is 13.6 Å². The molecule has 142 valence electrons. The summed E-state index contributed by atoms with van der Waals surface area (Å²) in [6.07, 6.45) is 2.21. The minimum absolute atomic E-state index is 0.0937. The summed E-state index contributed by atoms with van der Waals surface area (Å²) in [6.45, 7) is 5.20. The molecule has 0 unspecified atom stereocenters. The lowest BCUT2D eigenvalue weighted by molar-refractivity contribution is -0.0498. The van der Waals surface area contributed by atoms with Crippen LogP contribution >= 0.6 is 0 Å². The highest BCUT2D eigenvalue weighted by Crippen LogP contribution is 2.36. The van der Waals surface area contributed by atoms with Crippen molar-refractivity contribution in [3.63, 3.8) is 0 Å². The number of hydrogen-bond donors (Lipinski definition) is 1. The molecule has 1 aliphatic heterocycles. The predicted molar refractivity (Wildman–Crippen MR) is 93.8 cm³/mol. The molecule has 1 aliphatic carbocycles. The van der Waals surface area contributed by atoms with E-state index in [0.717, 1.165) is 12.8 Å². The SMILES string of the molecule is CC1(C)OB(c2cc(OC(F)F)cc(C(=O)NCC3CC3)c2)OC1(C)C. The molecular formula is C18H24BF2NO4. The largest absolute Gasteiger partial charge is 0.494 e. The third kappa shape index (κ3) is 4.18. The number of benzene rings is 1. The third-order valence-corrected chi connectivity index (χ3v) is 5.19. The monoisotopic (exact) mass is 367 g/mol. The summed E-state index contributed by atoms with van der Waals surface area (Å²) in [6, 6.07) is 4.33. The predicted octanol–water partition coefficient (Wildman–Crippen LogP) is 2.73. The van der Waals surface area contributed by atoms with Crippen LogP contribution in [0, 0.1) is 5.92 Å². The fourth-order valence-corrected chi connectivity index (χ4v) is 2.70. The van der Waals surface area contributed by atoms with Crippen molar-refractivity contribution in [3.8, 4) is 5.75 Å². The van der Waals surface area contributed by atoms with Gasteiger partial charge in [0.15, 0.2) is 0 Å². The van der Waals surface area contributed by atoms with Gasteiger partial charge in [0.2, 0.25) is 0 Å². The van der Waals surface area contributed by atoms with E-state index in [-0.39, 0.29) is 17.2 Å². The molecule has 2 aliphatic rings. The van der Waals surface area contributed by atoms with E-state index in [1.54, 1.807) is 6.07 Å². The van der Waals surface area contributed by atoms with E-state index in [0.29, 0.717) is 17.9 Å². The number of alkyl halides is 2. The van der Waals surface area contributed by atoms with Gasteiger partial charge in [-0.1, -0.05) is 0 Å². The van der Waals surface area contributed by atoms with Crippen LogP contribution in [0.25, 0.3) is 0 Å². The molecule has 0 radical (unpaired) electrons. The quantitative estimate of drug-likeness (QED) is 0.786. The van der Waals surface area contributed by atoms with E-state index < -0.39 is 24.9 Å². The van der Waals surface area contributed by atoms with E-state index in [1.165, 1.54) is 12.1 Å². The molecule has 1 aromatic carbocycles. The van der Waals surface area contributed by atoms with Crippen LogP contribution in [0.3, 0.4) is 0 Å². The van der Waals surface area contributed by atoms with Crippen LogP contribution in [0.2, 0.25) is 0 Å². The Morgan fingerprint density at radius 2 is 1.85 bits per heavy atom. The van der Waals surface area contributed by atoms with Crippen molar-refractivity contribution in [1.29, 1.82) is 0 Å². The summed E-state index contributed by atoms with van der Waals surface area (Å²) in [4.78, 5) is 12.4. The molecule has 26 heavy (non-hydrogen) atoms. The van der Waals surface area contributed by atoms with Crippen LogP contribution in [0.5, 0.6) is 5.75 Å². The lowest BCUT2D eigenvalue weighted by Crippen LogP contribution is -2.41. The second kappa shape index (κ2) is 6.81. The standard InChI is InChI=1S/C18H24BF2NO4/c1-17(2)18(3,4)26-19(25-17)13-7-12(8-14(9-13)24-16(20)21)15(23)22-10-11-5-6-11/h7-9,11,16H,5-6,10H2,1-4H3,(H,22,23). The zero-order valence-corrected chi connectivity index (χ0v) is 15.5. The van der Waals surface area contributed by atoms with Crippen molar-refractivity contribution < 1.29 is 27.6 Å². The lowest BCUT2D eigenvalue weighted by Gasteiger charge is -2.32. The molecule has 0 atom stereocenters. The molecule has 5 nitrogen and oxygen atoms in total. The maximum atomic E-state index is 12.7. The maximum Gasteiger partial charge on any atom is 0.494 e. The average molecular weight is 367 g/mol. The van der Waals surface area contributed by atoms with Gasteiger partial charge in [-0.25, -0.2) is 0 Å². The topological polar surface area (TPSA) is 56.8 Å². The molecule has 1 amide bonds. The Bertz CT molecular complexity index is 676. The summed E-state index contributed by atoms with van der Waals surface area (Å²) >= 11 is 0. The Morgan fingerprint density at radius 3 is 2.38 bits per heavy atom. The van der Waals surface area contributed by atoms with E-state index >= 15 is 0 Å². The van der Waals surface area contributed by atoms with Gasteiger partial charge in [-0.2, -0.15) is 8.78 Å². The minimum atomic E-state index is -2.98. The van der Waals surface area contributed by atoms with Gasteiger partial charge in [-0.15, -0.1) is 0 Å². The van der Waals surface area contributed by atoms with Crippen molar-refractivity contribution in [1.82, 2.24) is 5.32 Å². The smallest absolute Gasteiger partial charge is 0.435 e. The number of halogens is 2. The molecular weight excluding hydrogens is 343 g/mol. The van der Waals surface area contributed by atoms with E-state index in [4.69, 9.17) is 9.31 Å². The number of ether oxygens (including phenoxy) is 1. The van der Waals surface area contributed by atoms with Crippen LogP contribution in [0.4, 0.5) is 8.78 Å². The average Bonchev–Trinajstić information content (AvgIpc) is 3.31. The number of nitrogens with one attached hydrogen (secondary N) is 1. The van der Waals surface area contributed by atoms with Gasteiger partial charge >= 0.3 is 13.7 Å². The zero-order chi connectivity index (χ0) is 19.1. The van der Waals surface area contributed by atoms with Gasteiger partial charge in [0.25, 0.3) is 5.91 Å². The summed E-state index contributed by atoms with van der Waals surface area (Å²) in [5.74, 6) is 0.0974. The zero-order valence-electron chi connectivity index (χ0n) is 15.5. The normalized spacial score (nSPS) is 21.1. The molecule has 2 fully saturated rings. The first-order chi connectivity index (χ1) is 12.1. The molecule has 3 rings (SSSR count). The number of rotatable bonds is 6. The van der Waals surface area contributed by atoms with Crippen LogP contribution in [-0.4, -0.2) is 37.4 Å². The van der Waals surface area contributed by atoms with Crippen molar-refractivity contribution >= 4 is 18.5 Å². The van der Waals surface area contributed by atoms with Crippen molar-refractivity contribution in [2.45, 2.75) is 58.4 Å². The highest BCUT2D eigenvalue weighted by atomic mass is 19.3. The van der Waals surface area contributed by atoms with Crippen LogP contribution in [0.15, 0.2) is 18.2 Å². The molecule has 1 N–H and O–H groups in total. The Kier molecular flexibility index (Phi) is 5.01. The molecule has 0 aromatic heterocycles. The lowest BCUT2D eigenvalue weighted by atomic mass is 9.78. The van der Waals surface area contributed by atoms with Crippen molar-refractivity contribution in [2.75, 3.05) is 6.54 Å². The molecule has 8 heteroatoms. The number of hydrogen-bond acceptors (Lipinski definition) is 4. The molecule has 0 bridgehead atoms. The summed E-state index contributed by atoms with van der Waals surface area (Å²) in [5, 5.41) is 2.83. The van der Waals surface area contributed by atoms with Crippen LogP contribution in [-0.2, 0) is 9.31 Å². The second-order valence-electron chi connectivity index (χ2n) is 7.91. The molecule has 1 saturated heterocycles. The Balaban J connectivity index is 1.86. The Morgan fingerprint density at radius 1 is 1.23 bits per heavy atom. The van der Waals surface area contributed by atoms with Crippen LogP contribution < -0.4 is 15.5 Å². The van der Waals surface area contributed by atoms with Gasteiger partial charge in [-0.05, 0) is 70.1 Å². The highest BCUT2D eigenvalue weighted by molar-refractivity contribution is 6.62. The van der Waals surface area contributed by atoms with Gasteiger partial charge in [0, 0.05) is 12.1 Å². The fourth-order valence-electron chi connectivity index (χ4n) is 2.70. The first-order valence-corrected chi connectivity index (χ1v) is 8.81. The molecule has 0 spiro atoms. The Hall–Kier alpha value is -1.67. The highest BCUT2D eigenvalue weighted by Gasteiger charge is 2.51. The van der Waals surface area contributed by atoms with Gasteiger partial charge in [0.1, 0.15) is 5.75 Å². The van der Waals surface area contributed by atoms with Crippen LogP contribution in [0.1, 0.15) is 50.9 Å². The van der Waals surface area contributed by atoms with Gasteiger partial charge in [-0.3, -0.25) is 4.79 Å². The first kappa shape index (κ1) is 19.1. The minimum Gasteiger partial charge on any atom is -0.435 e. The molecule has 1 saturated carbocycles. The fraction of sp³-hybridized carbons (Fsp3) is 0.611. The van der Waals surface area contributed by atoms with Gasteiger partial charge in [0.05, 0.1) is 11.2 Å². The first-order valence-electron chi connectivity index (χ1n) is 8.81. The second-order valence-corrected chi connectivity index (χ2v) is 7.91. The van der Waals surface area contributed by atoms with Crippen molar-refractivity contribution in [2.24, 2.45) is 5.92 Å². The summed E-state index contributed by atoms with van der Waals surface area (Å²) in [7, 11) is -0.767. The number of amides is 1. The molecule has 1 heterocycles. The van der Waals surface area contributed by atoms with Crippen molar-refractivity contribution in [3.05, 3.63) is 23.8 Å². The van der Waals surface area contributed by atoms with Gasteiger partial charge < -0.3 is 19.4 Å². The summed E-state index contributed by atoms with van der Waals surface area (Å²) in [5.41, 5.74) is -0.441. The summed E-state index contributed by atoms with van der Waals surface area (Å²) < 4.78 is 41.8. The Labute approximate surface area is 152 Å². The van der Waals surface area contributed by atoms with E-state index in [1.807, 2.05) is 27.7 Å². The number of carbonyl (C=O) groups excluding carboxylic acids is 1. The maximum absolute atomic E-state index is 12.7. The van der Waals surface area contributed by atoms with E-state index in [2.05, 4.69) is 10.1 Å². The number of carbonyl (C=O) groups is 1. The third-order valence-electron chi connectivity index (χ3n) is 5.19. The molecule has 1 aromatic rings.